The lowest BCUT2D eigenvalue weighted by Crippen LogP contribution is -2.18. The van der Waals surface area contributed by atoms with Crippen LogP contribution in [0, 0.1) is 0 Å². The Morgan fingerprint density at radius 1 is 1.64 bits per heavy atom. The third-order valence-corrected chi connectivity index (χ3v) is 1.26. The number of aliphatic imine (C=N–C) groups is 1. The van der Waals surface area contributed by atoms with Crippen LogP contribution in [-0.2, 0) is 9.59 Å². The Balaban J connectivity index is 2.85. The lowest BCUT2D eigenvalue weighted by atomic mass is 10.1. The predicted molar refractivity (Wildman–Crippen MR) is 38.3 cm³/mol. The highest BCUT2D eigenvalue weighted by Crippen LogP contribution is 2.05. The zero-order valence-electron chi connectivity index (χ0n) is 5.65. The van der Waals surface area contributed by atoms with Crippen molar-refractivity contribution < 1.29 is 9.59 Å². The van der Waals surface area contributed by atoms with Gasteiger partial charge in [0, 0.05) is 11.8 Å². The summed E-state index contributed by atoms with van der Waals surface area (Å²) in [5.74, 6) is -0.284. The predicted octanol–water partition coefficient (Wildman–Crippen LogP) is -0.328. The highest BCUT2D eigenvalue weighted by Gasteiger charge is 2.14. The highest BCUT2D eigenvalue weighted by molar-refractivity contribution is 5.98. The first-order valence-corrected chi connectivity index (χ1v) is 3.00. The van der Waals surface area contributed by atoms with Crippen molar-refractivity contribution in [2.24, 2.45) is 10.7 Å². The van der Waals surface area contributed by atoms with Gasteiger partial charge in [0.15, 0.2) is 5.78 Å². The zero-order chi connectivity index (χ0) is 8.27. The molecule has 0 amide bonds. The molecule has 1 atom stereocenters. The molecule has 1 unspecified atom stereocenters. The molecule has 1 aliphatic carbocycles. The number of carbonyl (C=O) groups is 1. The van der Waals surface area contributed by atoms with Gasteiger partial charge in [0.05, 0.1) is 0 Å². The smallest absolute Gasteiger partial charge is 0.236 e. The summed E-state index contributed by atoms with van der Waals surface area (Å²) in [6, 6.07) is -0.722. The second kappa shape index (κ2) is 2.94. The van der Waals surface area contributed by atoms with E-state index in [1.807, 2.05) is 0 Å². The normalized spacial score (nSPS) is 22.4. The SMILES string of the molecule is NC1=CC(=O)C(N=C=O)C=C1. The van der Waals surface area contributed by atoms with Crippen molar-refractivity contribution in [3.8, 4) is 0 Å². The van der Waals surface area contributed by atoms with Crippen LogP contribution in [0.3, 0.4) is 0 Å². The molecule has 0 aromatic carbocycles. The van der Waals surface area contributed by atoms with Crippen molar-refractivity contribution in [2.45, 2.75) is 6.04 Å². The van der Waals surface area contributed by atoms with Gasteiger partial charge in [-0.3, -0.25) is 4.79 Å². The minimum absolute atomic E-state index is 0.284. The van der Waals surface area contributed by atoms with Gasteiger partial charge >= 0.3 is 0 Å². The number of isocyanates is 1. The minimum atomic E-state index is -0.722. The fraction of sp³-hybridized carbons (Fsp3) is 0.143. The number of rotatable bonds is 1. The van der Waals surface area contributed by atoms with Crippen molar-refractivity contribution in [1.82, 2.24) is 0 Å². The number of nitrogens with zero attached hydrogens (tertiary/aromatic N) is 1. The van der Waals surface area contributed by atoms with Gasteiger partial charge in [0.1, 0.15) is 6.04 Å². The average Bonchev–Trinajstić information content (AvgIpc) is 1.95. The molecular formula is C7H6N2O2. The Morgan fingerprint density at radius 3 is 2.91 bits per heavy atom. The molecule has 0 fully saturated rings. The molecule has 0 heterocycles. The first-order chi connectivity index (χ1) is 5.24. The molecule has 4 heteroatoms. The van der Waals surface area contributed by atoms with Crippen LogP contribution in [0.25, 0.3) is 0 Å². The molecule has 0 saturated heterocycles. The van der Waals surface area contributed by atoms with Crippen LogP contribution in [0.15, 0.2) is 28.9 Å². The van der Waals surface area contributed by atoms with Gasteiger partial charge in [-0.05, 0) is 12.2 Å². The molecule has 1 rings (SSSR count). The van der Waals surface area contributed by atoms with Crippen molar-refractivity contribution in [2.75, 3.05) is 0 Å². The summed E-state index contributed by atoms with van der Waals surface area (Å²) < 4.78 is 0. The molecule has 0 saturated carbocycles. The van der Waals surface area contributed by atoms with Gasteiger partial charge in [-0.25, -0.2) is 4.79 Å². The van der Waals surface area contributed by atoms with Crippen LogP contribution in [0.2, 0.25) is 0 Å². The van der Waals surface area contributed by atoms with Gasteiger partial charge in [-0.1, -0.05) is 0 Å². The lowest BCUT2D eigenvalue weighted by Gasteiger charge is -2.05. The molecule has 0 aromatic rings. The maximum atomic E-state index is 10.9. The number of hydrogen-bond donors (Lipinski definition) is 1. The van der Waals surface area contributed by atoms with Crippen molar-refractivity contribution in [3.05, 3.63) is 23.9 Å². The summed E-state index contributed by atoms with van der Waals surface area (Å²) in [6.07, 6.45) is 5.55. The Labute approximate surface area is 63.1 Å². The number of ketones is 1. The zero-order valence-corrected chi connectivity index (χ0v) is 5.65. The van der Waals surface area contributed by atoms with Gasteiger partial charge in [0.25, 0.3) is 0 Å². The lowest BCUT2D eigenvalue weighted by molar-refractivity contribution is -0.114. The number of carbonyl (C=O) groups excluding carboxylic acids is 2. The summed E-state index contributed by atoms with van der Waals surface area (Å²) >= 11 is 0. The Hall–Kier alpha value is -1.67. The van der Waals surface area contributed by atoms with E-state index in [2.05, 4.69) is 4.99 Å². The van der Waals surface area contributed by atoms with E-state index in [0.29, 0.717) is 5.70 Å². The van der Waals surface area contributed by atoms with Crippen LogP contribution in [0.4, 0.5) is 0 Å². The van der Waals surface area contributed by atoms with E-state index in [9.17, 15) is 9.59 Å². The molecule has 0 aliphatic heterocycles. The van der Waals surface area contributed by atoms with Gasteiger partial charge in [0.2, 0.25) is 6.08 Å². The van der Waals surface area contributed by atoms with E-state index < -0.39 is 6.04 Å². The van der Waals surface area contributed by atoms with E-state index >= 15 is 0 Å². The fourth-order valence-electron chi connectivity index (χ4n) is 0.758. The number of hydrogen-bond acceptors (Lipinski definition) is 4. The van der Waals surface area contributed by atoms with Crippen LogP contribution >= 0.6 is 0 Å². The second-order valence-corrected chi connectivity index (χ2v) is 2.07. The van der Waals surface area contributed by atoms with Gasteiger partial charge in [-0.2, -0.15) is 4.99 Å². The summed E-state index contributed by atoms with van der Waals surface area (Å²) in [5.41, 5.74) is 5.68. The largest absolute Gasteiger partial charge is 0.399 e. The Kier molecular flexibility index (Phi) is 1.99. The molecule has 56 valence electrons. The van der Waals surface area contributed by atoms with Crippen LogP contribution in [0.1, 0.15) is 0 Å². The molecule has 11 heavy (non-hydrogen) atoms. The van der Waals surface area contributed by atoms with Crippen molar-refractivity contribution in [3.63, 3.8) is 0 Å². The molecule has 0 bridgehead atoms. The van der Waals surface area contributed by atoms with Crippen LogP contribution < -0.4 is 5.73 Å². The van der Waals surface area contributed by atoms with Crippen LogP contribution in [0.5, 0.6) is 0 Å². The van der Waals surface area contributed by atoms with Crippen molar-refractivity contribution in [1.29, 1.82) is 0 Å². The Bertz CT molecular complexity index is 285. The molecule has 0 aromatic heterocycles. The average molecular weight is 150 g/mol. The van der Waals surface area contributed by atoms with E-state index in [1.165, 1.54) is 24.3 Å². The first kappa shape index (κ1) is 7.44. The fourth-order valence-corrected chi connectivity index (χ4v) is 0.758. The Morgan fingerprint density at radius 2 is 2.36 bits per heavy atom. The standard InChI is InChI=1S/C7H6N2O2/c8-5-1-2-6(9-4-10)7(11)3-5/h1-3,6H,8H2. The van der Waals surface area contributed by atoms with E-state index in [-0.39, 0.29) is 5.78 Å². The van der Waals surface area contributed by atoms with E-state index in [0.717, 1.165) is 0 Å². The summed E-state index contributed by atoms with van der Waals surface area (Å²) in [4.78, 5) is 23.9. The second-order valence-electron chi connectivity index (χ2n) is 2.07. The van der Waals surface area contributed by atoms with Crippen molar-refractivity contribution >= 4 is 11.9 Å². The molecule has 0 spiro atoms. The maximum absolute atomic E-state index is 10.9. The molecular weight excluding hydrogens is 144 g/mol. The minimum Gasteiger partial charge on any atom is -0.399 e. The molecule has 1 aliphatic rings. The van der Waals surface area contributed by atoms with E-state index in [4.69, 9.17) is 5.73 Å². The first-order valence-electron chi connectivity index (χ1n) is 3.00. The summed E-state index contributed by atoms with van der Waals surface area (Å²) in [7, 11) is 0. The van der Waals surface area contributed by atoms with E-state index in [1.54, 1.807) is 0 Å². The number of nitrogens with two attached hydrogens (primary N) is 1. The highest BCUT2D eigenvalue weighted by atomic mass is 16.1. The topological polar surface area (TPSA) is 72.5 Å². The van der Waals surface area contributed by atoms with Gasteiger partial charge in [-0.15, -0.1) is 0 Å². The third kappa shape index (κ3) is 1.63. The summed E-state index contributed by atoms with van der Waals surface area (Å²) in [6.45, 7) is 0. The quantitative estimate of drug-likeness (QED) is 0.411. The summed E-state index contributed by atoms with van der Waals surface area (Å²) in [5, 5.41) is 0. The monoisotopic (exact) mass is 150 g/mol. The van der Waals surface area contributed by atoms with Gasteiger partial charge < -0.3 is 5.73 Å². The van der Waals surface area contributed by atoms with Crippen LogP contribution in [-0.4, -0.2) is 17.9 Å². The maximum Gasteiger partial charge on any atom is 0.236 e. The molecule has 4 nitrogen and oxygen atoms in total. The number of allylic oxidation sites excluding steroid dienone is 1. The molecule has 2 N–H and O–H groups in total. The molecule has 0 radical (unpaired) electrons. The third-order valence-electron chi connectivity index (χ3n) is 1.26.